The number of alkyl carbamates (subject to hydrolysis) is 2. The number of amides is 4. The van der Waals surface area contributed by atoms with Gasteiger partial charge in [0.2, 0.25) is 5.91 Å². The fourth-order valence-electron chi connectivity index (χ4n) is 10.5. The van der Waals surface area contributed by atoms with Crippen LogP contribution < -0.4 is 15.4 Å². The van der Waals surface area contributed by atoms with E-state index in [-0.39, 0.29) is 54.1 Å². The molecule has 2 saturated heterocycles. The summed E-state index contributed by atoms with van der Waals surface area (Å²) < 4.78 is 32.3. The summed E-state index contributed by atoms with van der Waals surface area (Å²) in [6, 6.07) is 22.7. The van der Waals surface area contributed by atoms with Gasteiger partial charge in [-0.25, -0.2) is 23.9 Å². The molecule has 4 aromatic carbocycles. The van der Waals surface area contributed by atoms with Crippen LogP contribution in [0.1, 0.15) is 86.9 Å². The van der Waals surface area contributed by atoms with Crippen LogP contribution in [-0.2, 0) is 25.7 Å². The number of carbonyl (C=O) groups is 4. The minimum Gasteiger partial charge on any atom is -0.485 e. The number of fused-ring (bicyclic) bond motifs is 6. The zero-order chi connectivity index (χ0) is 45.8. The number of methoxy groups -OCH3 is 2. The summed E-state index contributed by atoms with van der Waals surface area (Å²) in [6.07, 6.45) is 4.41. The first-order valence-corrected chi connectivity index (χ1v) is 22.5. The van der Waals surface area contributed by atoms with Crippen LogP contribution in [0.15, 0.2) is 85.1 Å². The van der Waals surface area contributed by atoms with Crippen LogP contribution in [0.3, 0.4) is 0 Å². The Morgan fingerprint density at radius 2 is 1.58 bits per heavy atom. The van der Waals surface area contributed by atoms with Crippen molar-refractivity contribution in [3.05, 3.63) is 114 Å². The molecular formula is C50H51FN8O7. The van der Waals surface area contributed by atoms with Crippen molar-refractivity contribution in [3.63, 3.8) is 0 Å². The lowest BCUT2D eigenvalue weighted by Crippen LogP contribution is -2.51. The summed E-state index contributed by atoms with van der Waals surface area (Å²) in [5.41, 5.74) is 7.40. The molecule has 1 saturated carbocycles. The van der Waals surface area contributed by atoms with E-state index in [1.54, 1.807) is 17.2 Å². The van der Waals surface area contributed by atoms with Gasteiger partial charge >= 0.3 is 12.2 Å². The highest BCUT2D eigenvalue weighted by Gasteiger charge is 2.51. The van der Waals surface area contributed by atoms with E-state index in [9.17, 15) is 19.2 Å². The van der Waals surface area contributed by atoms with Gasteiger partial charge in [-0.05, 0) is 102 Å². The molecule has 16 heteroatoms. The van der Waals surface area contributed by atoms with Crippen LogP contribution in [0.5, 0.6) is 5.75 Å². The molecule has 2 unspecified atom stereocenters. The van der Waals surface area contributed by atoms with Gasteiger partial charge in [0.15, 0.2) is 11.6 Å². The van der Waals surface area contributed by atoms with Gasteiger partial charge in [0.05, 0.1) is 49.2 Å². The van der Waals surface area contributed by atoms with E-state index in [2.05, 4.69) is 37.7 Å². The maximum Gasteiger partial charge on any atom is 0.407 e. The van der Waals surface area contributed by atoms with Gasteiger partial charge in [-0.2, -0.15) is 0 Å². The van der Waals surface area contributed by atoms with Crippen LogP contribution in [0, 0.1) is 17.7 Å². The second-order valence-corrected chi connectivity index (χ2v) is 17.9. The highest BCUT2D eigenvalue weighted by Crippen LogP contribution is 2.51. The van der Waals surface area contributed by atoms with Gasteiger partial charge in [-0.15, -0.1) is 0 Å². The normalized spacial score (nSPS) is 20.4. The summed E-state index contributed by atoms with van der Waals surface area (Å²) in [5.74, 6) is 0.561. The molecule has 6 aromatic rings. The Bertz CT molecular complexity index is 2860. The predicted molar refractivity (Wildman–Crippen MR) is 242 cm³/mol. The molecule has 6 atom stereocenters. The van der Waals surface area contributed by atoms with Crippen molar-refractivity contribution in [1.29, 1.82) is 0 Å². The number of carbonyl (C=O) groups excluding carboxylic acids is 4. The molecule has 3 fully saturated rings. The van der Waals surface area contributed by atoms with E-state index in [0.29, 0.717) is 41.2 Å². The highest BCUT2D eigenvalue weighted by atomic mass is 19.1. The van der Waals surface area contributed by atoms with Gasteiger partial charge in [0.25, 0.3) is 5.91 Å². The number of hydrogen-bond donors (Lipinski definition) is 4. The summed E-state index contributed by atoms with van der Waals surface area (Å²) in [7, 11) is 2.55. The van der Waals surface area contributed by atoms with Crippen molar-refractivity contribution in [1.82, 2.24) is 40.4 Å². The molecule has 4 aliphatic rings. The summed E-state index contributed by atoms with van der Waals surface area (Å²) >= 11 is 0. The zero-order valence-corrected chi connectivity index (χ0v) is 37.1. The number of hydrogen-bond acceptors (Lipinski definition) is 9. The van der Waals surface area contributed by atoms with E-state index >= 15 is 4.39 Å². The third-order valence-electron chi connectivity index (χ3n) is 13.8. The van der Waals surface area contributed by atoms with E-state index < -0.39 is 30.1 Å². The average molecular weight is 895 g/mol. The van der Waals surface area contributed by atoms with Crippen molar-refractivity contribution in [2.75, 3.05) is 20.8 Å². The van der Waals surface area contributed by atoms with Crippen molar-refractivity contribution >= 4 is 35.0 Å². The number of piperidine rings is 1. The number of H-pyrrole nitrogens is 2. The molecule has 10 rings (SSSR count). The largest absolute Gasteiger partial charge is 0.485 e. The molecule has 4 N–H and O–H groups in total. The van der Waals surface area contributed by atoms with Crippen LogP contribution in [0.4, 0.5) is 14.0 Å². The molecular weight excluding hydrogens is 844 g/mol. The molecule has 66 heavy (non-hydrogen) atoms. The Kier molecular flexibility index (Phi) is 11.2. The van der Waals surface area contributed by atoms with Crippen LogP contribution in [-0.4, -0.2) is 86.6 Å². The number of nitrogens with zero attached hydrogens (tertiary/aromatic N) is 4. The lowest BCUT2D eigenvalue weighted by atomic mass is 9.92. The fourth-order valence-corrected chi connectivity index (χ4v) is 10.5. The molecule has 2 aromatic heterocycles. The second-order valence-electron chi connectivity index (χ2n) is 17.9. The second kappa shape index (κ2) is 17.3. The third-order valence-corrected chi connectivity index (χ3v) is 13.8. The van der Waals surface area contributed by atoms with Gasteiger partial charge in [0.1, 0.15) is 30.3 Å². The maximum atomic E-state index is 16.4. The molecule has 3 aliphatic heterocycles. The Balaban J connectivity index is 0.878. The molecule has 15 nitrogen and oxygen atoms in total. The zero-order valence-electron chi connectivity index (χ0n) is 37.1. The standard InChI is InChI=1S/C50H51FN8O7/c1-26(2)41(56-49(62)64-3)47(60)58-20-8-11-39(58)45-52-24-38(55-45)35-18-17-34-33-16-13-28(21-31(33)25-66-44(34)40(35)51)29-14-19-36-37(23-29)54-46(53-36)43-30-12-15-32(22-30)59(43)48(61)42(57-50(63)65-4)27-9-6-5-7-10-27/h5-7,9-10,13-14,16-19,21,23-24,26,30,32,39,41-43H,8,11-12,15,20,22,25H2,1-4H3,(H,52,55)(H,53,54)(H,56,62)(H,57,63)/t30-,32+,39-,41?,42+,43?/m0/s1. The molecule has 4 amide bonds. The van der Waals surface area contributed by atoms with Crippen molar-refractivity contribution in [3.8, 4) is 39.3 Å². The lowest BCUT2D eigenvalue weighted by molar-refractivity contribution is -0.138. The smallest absolute Gasteiger partial charge is 0.407 e. The number of rotatable bonds is 10. The topological polar surface area (TPSA) is 184 Å². The Labute approximate surface area is 380 Å². The predicted octanol–water partition coefficient (Wildman–Crippen LogP) is 8.51. The summed E-state index contributed by atoms with van der Waals surface area (Å²) in [4.78, 5) is 72.6. The third kappa shape index (κ3) is 7.57. The van der Waals surface area contributed by atoms with Gasteiger partial charge in [0, 0.05) is 23.7 Å². The van der Waals surface area contributed by atoms with E-state index in [4.69, 9.17) is 19.2 Å². The average Bonchev–Trinajstić information content (AvgIpc) is 4.21. The van der Waals surface area contributed by atoms with Crippen LogP contribution in [0.25, 0.3) is 44.5 Å². The lowest BCUT2D eigenvalue weighted by Gasteiger charge is -2.36. The van der Waals surface area contributed by atoms with Crippen LogP contribution in [0.2, 0.25) is 0 Å². The summed E-state index contributed by atoms with van der Waals surface area (Å²) in [5, 5.41) is 5.44. The molecule has 1 aliphatic carbocycles. The van der Waals surface area contributed by atoms with Gasteiger partial charge in [-0.3, -0.25) is 9.59 Å². The van der Waals surface area contributed by atoms with Gasteiger partial charge < -0.3 is 44.6 Å². The number of benzene rings is 4. The number of likely N-dealkylation sites (tertiary alicyclic amines) is 2. The molecule has 2 bridgehead atoms. The molecule has 0 spiro atoms. The maximum absolute atomic E-state index is 16.4. The van der Waals surface area contributed by atoms with Crippen molar-refractivity contribution in [2.45, 2.75) is 82.8 Å². The quantitative estimate of drug-likeness (QED) is 0.105. The minimum absolute atomic E-state index is 0.0395. The monoisotopic (exact) mass is 894 g/mol. The number of ether oxygens (including phenoxy) is 3. The number of nitrogens with one attached hydrogen (secondary N) is 4. The SMILES string of the molecule is COC(=O)NC(C(=O)N1CCC[C@H]1c1ncc(-c2ccc3c(c2F)OCc2cc(-c4ccc5nc(C6[C@H]7CC[C@H](C7)N6C(=O)[C@H](NC(=O)OC)c6ccccc6)[nH]c5c4)ccc2-3)[nH]1)C(C)C. The van der Waals surface area contributed by atoms with E-state index in [1.165, 1.54) is 14.2 Å². The van der Waals surface area contributed by atoms with Crippen LogP contribution >= 0.6 is 0 Å². The van der Waals surface area contributed by atoms with E-state index in [0.717, 1.165) is 64.8 Å². The highest BCUT2D eigenvalue weighted by molar-refractivity contribution is 5.89. The Morgan fingerprint density at radius 3 is 2.36 bits per heavy atom. The van der Waals surface area contributed by atoms with Crippen molar-refractivity contribution in [2.24, 2.45) is 11.8 Å². The van der Waals surface area contributed by atoms with Crippen molar-refractivity contribution < 1.29 is 37.8 Å². The minimum atomic E-state index is -0.906. The first-order valence-electron chi connectivity index (χ1n) is 22.5. The number of halogens is 1. The Hall–Kier alpha value is -7.23. The molecule has 5 heterocycles. The Morgan fingerprint density at radius 1 is 0.833 bits per heavy atom. The number of aromatic amines is 2. The number of aromatic nitrogens is 4. The molecule has 340 valence electrons. The first kappa shape index (κ1) is 42.7. The van der Waals surface area contributed by atoms with Gasteiger partial charge in [-0.1, -0.05) is 62.4 Å². The fraction of sp³-hybridized carbons (Fsp3) is 0.360. The number of imidazole rings is 2. The molecule has 0 radical (unpaired) electrons. The van der Waals surface area contributed by atoms with E-state index in [1.807, 2.05) is 79.4 Å². The summed E-state index contributed by atoms with van der Waals surface area (Å²) in [6.45, 7) is 4.40. The first-order chi connectivity index (χ1) is 32.0.